The van der Waals surface area contributed by atoms with E-state index in [0.717, 1.165) is 12.0 Å². The molecule has 12 heavy (non-hydrogen) atoms. The molecule has 2 N–H and O–H groups in total. The van der Waals surface area contributed by atoms with E-state index in [4.69, 9.17) is 5.21 Å². The van der Waals surface area contributed by atoms with Crippen molar-refractivity contribution in [3.63, 3.8) is 0 Å². The van der Waals surface area contributed by atoms with Gasteiger partial charge in [-0.05, 0) is 24.1 Å². The molecule has 0 saturated carbocycles. The van der Waals surface area contributed by atoms with Gasteiger partial charge in [-0.15, -0.1) is 0 Å². The van der Waals surface area contributed by atoms with E-state index in [0.29, 0.717) is 5.69 Å². The molecule has 1 aromatic rings. The van der Waals surface area contributed by atoms with Crippen LogP contribution in [0.4, 0.5) is 5.69 Å². The van der Waals surface area contributed by atoms with Crippen LogP contribution in [0.1, 0.15) is 18.9 Å². The second-order valence-corrected chi connectivity index (χ2v) is 2.55. The second kappa shape index (κ2) is 4.57. The minimum atomic E-state index is 0.716. The molecule has 0 saturated heterocycles. The highest BCUT2D eigenvalue weighted by molar-refractivity contribution is 5.56. The lowest BCUT2D eigenvalue weighted by Crippen LogP contribution is -1.88. The first-order chi connectivity index (χ1) is 5.86. The highest BCUT2D eigenvalue weighted by atomic mass is 16.5. The molecule has 0 amide bonds. The van der Waals surface area contributed by atoms with Crippen molar-refractivity contribution in [1.82, 2.24) is 0 Å². The first-order valence-corrected chi connectivity index (χ1v) is 4.03. The fraction of sp³-hybridized carbons (Fsp3) is 0.200. The highest BCUT2D eigenvalue weighted by Crippen LogP contribution is 2.10. The molecule has 0 radical (unpaired) electrons. The van der Waals surface area contributed by atoms with Crippen molar-refractivity contribution in [2.24, 2.45) is 0 Å². The van der Waals surface area contributed by atoms with E-state index in [1.54, 1.807) is 0 Å². The molecule has 2 heteroatoms. The Morgan fingerprint density at radius 2 is 2.33 bits per heavy atom. The monoisotopic (exact) mass is 163 g/mol. The van der Waals surface area contributed by atoms with Crippen molar-refractivity contribution in [3.8, 4) is 0 Å². The molecule has 0 aliphatic rings. The Hall–Kier alpha value is -1.28. The summed E-state index contributed by atoms with van der Waals surface area (Å²) in [6.07, 6.45) is 5.13. The van der Waals surface area contributed by atoms with E-state index in [1.807, 2.05) is 30.3 Å². The predicted molar refractivity (Wildman–Crippen MR) is 51.2 cm³/mol. The smallest absolute Gasteiger partial charge is 0.0608 e. The largest absolute Gasteiger partial charge is 0.291 e. The molecular weight excluding hydrogens is 150 g/mol. The van der Waals surface area contributed by atoms with Crippen molar-refractivity contribution in [1.29, 1.82) is 0 Å². The van der Waals surface area contributed by atoms with Crippen LogP contribution in [0.2, 0.25) is 0 Å². The fourth-order valence-corrected chi connectivity index (χ4v) is 0.966. The molecule has 0 atom stereocenters. The quantitative estimate of drug-likeness (QED) is 0.671. The van der Waals surface area contributed by atoms with Gasteiger partial charge in [0.25, 0.3) is 0 Å². The van der Waals surface area contributed by atoms with Crippen molar-refractivity contribution in [2.45, 2.75) is 13.3 Å². The Balaban J connectivity index is 2.79. The SMILES string of the molecule is CC/C=C/c1cccc(NO)c1. The topological polar surface area (TPSA) is 32.3 Å². The number of allylic oxidation sites excluding steroid dienone is 1. The molecule has 0 bridgehead atoms. The van der Waals surface area contributed by atoms with E-state index >= 15 is 0 Å². The third-order valence-corrected chi connectivity index (χ3v) is 1.56. The molecule has 0 heterocycles. The van der Waals surface area contributed by atoms with Gasteiger partial charge >= 0.3 is 0 Å². The fourth-order valence-electron chi connectivity index (χ4n) is 0.966. The van der Waals surface area contributed by atoms with Crippen LogP contribution in [0.15, 0.2) is 30.3 Å². The van der Waals surface area contributed by atoms with E-state index < -0.39 is 0 Å². The summed E-state index contributed by atoms with van der Waals surface area (Å²) in [5.74, 6) is 0. The van der Waals surface area contributed by atoms with Crippen LogP contribution in [-0.4, -0.2) is 5.21 Å². The summed E-state index contributed by atoms with van der Waals surface area (Å²) in [6, 6.07) is 7.58. The van der Waals surface area contributed by atoms with E-state index in [1.165, 1.54) is 0 Å². The molecule has 1 rings (SSSR count). The highest BCUT2D eigenvalue weighted by Gasteiger charge is 1.89. The van der Waals surface area contributed by atoms with Crippen LogP contribution in [-0.2, 0) is 0 Å². The third-order valence-electron chi connectivity index (χ3n) is 1.56. The van der Waals surface area contributed by atoms with Gasteiger partial charge in [-0.1, -0.05) is 31.2 Å². The molecule has 1 aromatic carbocycles. The summed E-state index contributed by atoms with van der Waals surface area (Å²) in [5.41, 5.74) is 3.92. The number of hydrogen-bond donors (Lipinski definition) is 2. The molecule has 2 nitrogen and oxygen atoms in total. The minimum Gasteiger partial charge on any atom is -0.291 e. The normalized spacial score (nSPS) is 10.5. The Morgan fingerprint density at radius 1 is 1.50 bits per heavy atom. The lowest BCUT2D eigenvalue weighted by Gasteiger charge is -1.98. The molecule has 0 fully saturated rings. The van der Waals surface area contributed by atoms with Crippen molar-refractivity contribution in [2.75, 3.05) is 5.48 Å². The lowest BCUT2D eigenvalue weighted by atomic mass is 10.2. The number of anilines is 1. The van der Waals surface area contributed by atoms with E-state index in [-0.39, 0.29) is 0 Å². The standard InChI is InChI=1S/C10H13NO/c1-2-3-5-9-6-4-7-10(8-9)11-12/h3-8,11-12H,2H2,1H3/b5-3+. The van der Waals surface area contributed by atoms with Crippen molar-refractivity contribution in [3.05, 3.63) is 35.9 Å². The maximum atomic E-state index is 8.61. The zero-order chi connectivity index (χ0) is 8.81. The first kappa shape index (κ1) is 8.81. The molecule has 64 valence electrons. The van der Waals surface area contributed by atoms with Crippen LogP contribution < -0.4 is 5.48 Å². The summed E-state index contributed by atoms with van der Waals surface area (Å²) in [6.45, 7) is 2.09. The van der Waals surface area contributed by atoms with Gasteiger partial charge in [0.05, 0.1) is 5.69 Å². The van der Waals surface area contributed by atoms with Gasteiger partial charge in [-0.2, -0.15) is 0 Å². The Bertz CT molecular complexity index is 268. The second-order valence-electron chi connectivity index (χ2n) is 2.55. The third kappa shape index (κ3) is 2.40. The van der Waals surface area contributed by atoms with Crippen LogP contribution in [0.25, 0.3) is 6.08 Å². The Labute approximate surface area is 72.5 Å². The number of nitrogens with one attached hydrogen (secondary N) is 1. The predicted octanol–water partition coefficient (Wildman–Crippen LogP) is 2.91. The van der Waals surface area contributed by atoms with E-state index in [2.05, 4.69) is 18.5 Å². The zero-order valence-electron chi connectivity index (χ0n) is 7.12. The van der Waals surface area contributed by atoms with Crippen molar-refractivity contribution >= 4 is 11.8 Å². The van der Waals surface area contributed by atoms with Gasteiger partial charge < -0.3 is 0 Å². The van der Waals surface area contributed by atoms with Gasteiger partial charge in [0.2, 0.25) is 0 Å². The number of hydrogen-bond acceptors (Lipinski definition) is 2. The summed E-state index contributed by atoms with van der Waals surface area (Å²) in [5, 5.41) is 8.61. The van der Waals surface area contributed by atoms with Gasteiger partial charge in [-0.25, -0.2) is 0 Å². The van der Waals surface area contributed by atoms with Crippen LogP contribution >= 0.6 is 0 Å². The van der Waals surface area contributed by atoms with Crippen LogP contribution in [0, 0.1) is 0 Å². The van der Waals surface area contributed by atoms with Gasteiger partial charge in [0.1, 0.15) is 0 Å². The average Bonchev–Trinajstić information content (AvgIpc) is 2.15. The zero-order valence-corrected chi connectivity index (χ0v) is 7.12. The minimum absolute atomic E-state index is 0.716. The summed E-state index contributed by atoms with van der Waals surface area (Å²) in [7, 11) is 0. The maximum Gasteiger partial charge on any atom is 0.0608 e. The van der Waals surface area contributed by atoms with Crippen LogP contribution in [0.5, 0.6) is 0 Å². The first-order valence-electron chi connectivity index (χ1n) is 4.03. The van der Waals surface area contributed by atoms with Gasteiger partial charge in [0, 0.05) is 0 Å². The van der Waals surface area contributed by atoms with Gasteiger partial charge in [-0.3, -0.25) is 10.7 Å². The molecule has 0 unspecified atom stereocenters. The molecule has 0 spiro atoms. The van der Waals surface area contributed by atoms with E-state index in [9.17, 15) is 0 Å². The molecule has 0 aliphatic carbocycles. The number of benzene rings is 1. The summed E-state index contributed by atoms with van der Waals surface area (Å²) in [4.78, 5) is 0. The lowest BCUT2D eigenvalue weighted by molar-refractivity contribution is 0.389. The molecule has 0 aliphatic heterocycles. The molecule has 0 aromatic heterocycles. The molecular formula is C10H13NO. The summed E-state index contributed by atoms with van der Waals surface area (Å²) >= 11 is 0. The van der Waals surface area contributed by atoms with Crippen LogP contribution in [0.3, 0.4) is 0 Å². The average molecular weight is 163 g/mol. The van der Waals surface area contributed by atoms with Gasteiger partial charge in [0.15, 0.2) is 0 Å². The Kier molecular flexibility index (Phi) is 3.35. The Morgan fingerprint density at radius 3 is 3.00 bits per heavy atom. The maximum absolute atomic E-state index is 8.61. The number of rotatable bonds is 3. The van der Waals surface area contributed by atoms with Crippen molar-refractivity contribution < 1.29 is 5.21 Å². The summed E-state index contributed by atoms with van der Waals surface area (Å²) < 4.78 is 0.